The molecule has 2 amide bonds. The topological polar surface area (TPSA) is 84.1 Å². The van der Waals surface area contributed by atoms with E-state index in [9.17, 15) is 18.4 Å². The highest BCUT2D eigenvalue weighted by molar-refractivity contribution is 5.84. The van der Waals surface area contributed by atoms with E-state index in [4.69, 9.17) is 18.9 Å². The molecule has 0 aromatic heterocycles. The van der Waals surface area contributed by atoms with Gasteiger partial charge in [0.1, 0.15) is 23.4 Å². The fourth-order valence-corrected chi connectivity index (χ4v) is 7.19. The zero-order chi connectivity index (χ0) is 25.6. The lowest BCUT2D eigenvalue weighted by Crippen LogP contribution is -2.59. The molecule has 4 aliphatic heterocycles. The third-order valence-corrected chi connectivity index (χ3v) is 9.38. The molecule has 6 aliphatic rings. The van der Waals surface area contributed by atoms with Gasteiger partial charge < -0.3 is 28.7 Å². The van der Waals surface area contributed by atoms with Crippen molar-refractivity contribution in [1.82, 2.24) is 9.80 Å². The van der Waals surface area contributed by atoms with Crippen molar-refractivity contribution < 1.29 is 37.3 Å². The van der Waals surface area contributed by atoms with Crippen molar-refractivity contribution in [3.8, 4) is 0 Å². The largest absolute Gasteiger partial charge is 0.443 e. The number of rotatable bonds is 6. The van der Waals surface area contributed by atoms with E-state index in [-0.39, 0.29) is 47.4 Å². The van der Waals surface area contributed by atoms with Gasteiger partial charge in [0, 0.05) is 26.1 Å². The zero-order valence-electron chi connectivity index (χ0n) is 21.4. The standard InChI is InChI=1S/C26H36F2N2O6/c1-14(2)5-6-18-24(3,36-18)21-20(33-4)17(7-8-25(21)13-34-25)35-23(32)29-9-15-16(10-29)19(15)22(31)30-11-26(27,28)12-30/h5,15-21H,6-13H2,1-4H3/t15-,16+,17-,18-,19?,20-,21?,24+,25+/m1/s1. The first-order chi connectivity index (χ1) is 17.0. The number of alkyl halides is 2. The lowest BCUT2D eigenvalue weighted by atomic mass is 9.68. The maximum absolute atomic E-state index is 13.1. The van der Waals surface area contributed by atoms with Crippen LogP contribution in [-0.4, -0.2) is 97.1 Å². The number of amides is 2. The third-order valence-electron chi connectivity index (χ3n) is 9.38. The molecule has 2 aliphatic carbocycles. The molecule has 6 rings (SSSR count). The minimum absolute atomic E-state index is 0.0364. The van der Waals surface area contributed by atoms with Crippen LogP contribution in [0, 0.1) is 23.7 Å². The minimum atomic E-state index is -2.76. The van der Waals surface area contributed by atoms with E-state index in [2.05, 4.69) is 26.8 Å². The number of methoxy groups -OCH3 is 1. The van der Waals surface area contributed by atoms with E-state index in [1.807, 2.05) is 0 Å². The monoisotopic (exact) mass is 510 g/mol. The Morgan fingerprint density at radius 1 is 1.14 bits per heavy atom. The van der Waals surface area contributed by atoms with Gasteiger partial charge in [-0.1, -0.05) is 11.6 Å². The Hall–Kier alpha value is -1.78. The van der Waals surface area contributed by atoms with E-state index >= 15 is 0 Å². The molecule has 0 aromatic carbocycles. The van der Waals surface area contributed by atoms with Gasteiger partial charge in [-0.15, -0.1) is 0 Å². The van der Waals surface area contributed by atoms with Crippen molar-refractivity contribution in [2.45, 2.75) is 75.5 Å². The lowest BCUT2D eigenvalue weighted by molar-refractivity contribution is -0.167. The molecule has 0 N–H and O–H groups in total. The molecule has 2 saturated carbocycles. The normalized spacial score (nSPS) is 45.6. The SMILES string of the molecule is CO[C@H]1C([C@@]2(C)O[C@@H]2CC=C(C)C)[C@]2(CC[C@H]1OC(=O)N1C[C@@H]3C(C(=O)N4CC(F)(F)C4)[C@@H]3C1)CO2. The van der Waals surface area contributed by atoms with Crippen LogP contribution in [-0.2, 0) is 23.7 Å². The Morgan fingerprint density at radius 3 is 2.36 bits per heavy atom. The second-order valence-electron chi connectivity index (χ2n) is 12.1. The van der Waals surface area contributed by atoms with Crippen molar-refractivity contribution in [3.05, 3.63) is 11.6 Å². The Kier molecular flexibility index (Phi) is 5.53. The van der Waals surface area contributed by atoms with Crippen LogP contribution in [0.3, 0.4) is 0 Å². The van der Waals surface area contributed by atoms with E-state index in [1.54, 1.807) is 12.0 Å². The van der Waals surface area contributed by atoms with Gasteiger partial charge >= 0.3 is 6.09 Å². The second-order valence-corrected chi connectivity index (χ2v) is 12.1. The summed E-state index contributed by atoms with van der Waals surface area (Å²) in [6.45, 7) is 6.80. The van der Waals surface area contributed by atoms with Crippen LogP contribution in [0.4, 0.5) is 13.6 Å². The molecule has 6 fully saturated rings. The number of halogens is 2. The van der Waals surface area contributed by atoms with Gasteiger partial charge in [-0.05, 0) is 51.9 Å². The molecular formula is C26H36F2N2O6. The molecule has 200 valence electrons. The summed E-state index contributed by atoms with van der Waals surface area (Å²) in [6, 6.07) is 0. The predicted molar refractivity (Wildman–Crippen MR) is 123 cm³/mol. The van der Waals surface area contributed by atoms with Gasteiger partial charge in [0.2, 0.25) is 5.91 Å². The average molecular weight is 511 g/mol. The molecule has 4 saturated heterocycles. The van der Waals surface area contributed by atoms with Gasteiger partial charge in [-0.3, -0.25) is 4.79 Å². The van der Waals surface area contributed by atoms with Crippen molar-refractivity contribution in [3.63, 3.8) is 0 Å². The van der Waals surface area contributed by atoms with Crippen LogP contribution in [0.15, 0.2) is 11.6 Å². The summed E-state index contributed by atoms with van der Waals surface area (Å²) < 4.78 is 50.4. The number of carbonyl (C=O) groups excluding carboxylic acids is 2. The fourth-order valence-electron chi connectivity index (χ4n) is 7.19. The van der Waals surface area contributed by atoms with Crippen molar-refractivity contribution in [2.75, 3.05) is 39.9 Å². The molecule has 9 atom stereocenters. The number of nitrogens with zero attached hydrogens (tertiary/aromatic N) is 2. The second kappa shape index (κ2) is 8.11. The highest BCUT2D eigenvalue weighted by Gasteiger charge is 2.72. The summed E-state index contributed by atoms with van der Waals surface area (Å²) in [5.74, 6) is -3.17. The molecule has 0 aromatic rings. The number of epoxide rings is 2. The number of hydrogen-bond acceptors (Lipinski definition) is 6. The third kappa shape index (κ3) is 3.95. The number of carbonyl (C=O) groups is 2. The van der Waals surface area contributed by atoms with Crippen molar-refractivity contribution in [2.24, 2.45) is 23.7 Å². The number of likely N-dealkylation sites (tertiary alicyclic amines) is 2. The fraction of sp³-hybridized carbons (Fsp3) is 0.846. The van der Waals surface area contributed by atoms with Crippen LogP contribution >= 0.6 is 0 Å². The molecule has 1 spiro atoms. The first-order valence-corrected chi connectivity index (χ1v) is 13.1. The molecule has 2 unspecified atom stereocenters. The maximum Gasteiger partial charge on any atom is 0.410 e. The maximum atomic E-state index is 13.1. The molecule has 0 radical (unpaired) electrons. The highest BCUT2D eigenvalue weighted by atomic mass is 19.3. The predicted octanol–water partition coefficient (Wildman–Crippen LogP) is 2.85. The molecule has 0 bridgehead atoms. The molecule has 36 heavy (non-hydrogen) atoms. The minimum Gasteiger partial charge on any atom is -0.443 e. The number of fused-ring (bicyclic) bond motifs is 1. The Balaban J connectivity index is 1.06. The van der Waals surface area contributed by atoms with Gasteiger partial charge in [0.05, 0.1) is 31.7 Å². The van der Waals surface area contributed by atoms with Crippen LogP contribution in [0.2, 0.25) is 0 Å². The zero-order valence-corrected chi connectivity index (χ0v) is 21.4. The number of piperidine rings is 1. The van der Waals surface area contributed by atoms with Crippen LogP contribution in [0.5, 0.6) is 0 Å². The molecule has 8 nitrogen and oxygen atoms in total. The molecular weight excluding hydrogens is 474 g/mol. The van der Waals surface area contributed by atoms with E-state index in [1.165, 1.54) is 10.5 Å². The lowest BCUT2D eigenvalue weighted by Gasteiger charge is -2.43. The first kappa shape index (κ1) is 24.6. The molecule has 10 heteroatoms. The number of hydrogen-bond donors (Lipinski definition) is 0. The molecule has 4 heterocycles. The van der Waals surface area contributed by atoms with Gasteiger partial charge in [0.25, 0.3) is 5.92 Å². The van der Waals surface area contributed by atoms with E-state index in [0.717, 1.165) is 12.8 Å². The van der Waals surface area contributed by atoms with Gasteiger partial charge in [0.15, 0.2) is 0 Å². The van der Waals surface area contributed by atoms with Crippen LogP contribution in [0.1, 0.15) is 40.0 Å². The average Bonchev–Trinajstić information content (AvgIpc) is 3.76. The summed E-state index contributed by atoms with van der Waals surface area (Å²) >= 11 is 0. The van der Waals surface area contributed by atoms with Gasteiger partial charge in [-0.2, -0.15) is 0 Å². The summed E-state index contributed by atoms with van der Waals surface area (Å²) in [4.78, 5) is 28.5. The number of ether oxygens (including phenoxy) is 4. The summed E-state index contributed by atoms with van der Waals surface area (Å²) in [5, 5.41) is 0. The Morgan fingerprint density at radius 2 is 1.81 bits per heavy atom. The Bertz CT molecular complexity index is 961. The number of allylic oxidation sites excluding steroid dienone is 1. The van der Waals surface area contributed by atoms with Crippen molar-refractivity contribution in [1.29, 1.82) is 0 Å². The highest BCUT2D eigenvalue weighted by Crippen LogP contribution is 2.60. The Labute approximate surface area is 210 Å². The summed E-state index contributed by atoms with van der Waals surface area (Å²) in [6.07, 6.45) is 3.38. The smallest absolute Gasteiger partial charge is 0.410 e. The van der Waals surface area contributed by atoms with Crippen LogP contribution in [0.25, 0.3) is 0 Å². The van der Waals surface area contributed by atoms with Gasteiger partial charge in [-0.25, -0.2) is 13.6 Å². The van der Waals surface area contributed by atoms with E-state index in [0.29, 0.717) is 26.1 Å². The quantitative estimate of drug-likeness (QED) is 0.404. The van der Waals surface area contributed by atoms with Crippen LogP contribution < -0.4 is 0 Å². The van der Waals surface area contributed by atoms with Crippen molar-refractivity contribution >= 4 is 12.0 Å². The summed E-state index contributed by atoms with van der Waals surface area (Å²) in [7, 11) is 1.65. The first-order valence-electron chi connectivity index (χ1n) is 13.1. The summed E-state index contributed by atoms with van der Waals surface area (Å²) in [5.41, 5.74) is 0.568. The van der Waals surface area contributed by atoms with E-state index < -0.39 is 36.8 Å².